The van der Waals surface area contributed by atoms with E-state index in [0.717, 1.165) is 6.42 Å². The molecule has 0 atom stereocenters. The van der Waals surface area contributed by atoms with Crippen molar-refractivity contribution < 1.29 is 5.11 Å². The first kappa shape index (κ1) is 13.9. The number of unbranched alkanes of at least 4 members (excludes halogenated alkanes) is 1. The molecular formula is C11H24OS2Si. The molecule has 1 rings (SSSR count). The van der Waals surface area contributed by atoms with E-state index in [1.165, 1.54) is 30.8 Å². The van der Waals surface area contributed by atoms with Crippen molar-refractivity contribution in [3.8, 4) is 0 Å². The van der Waals surface area contributed by atoms with Crippen LogP contribution in [0.15, 0.2) is 0 Å². The maximum absolute atomic E-state index is 8.88. The lowest BCUT2D eigenvalue weighted by molar-refractivity contribution is 0.283. The Morgan fingerprint density at radius 1 is 1.13 bits per heavy atom. The van der Waals surface area contributed by atoms with E-state index in [9.17, 15) is 0 Å². The molecule has 1 aliphatic heterocycles. The maximum Gasteiger partial charge on any atom is 0.0752 e. The van der Waals surface area contributed by atoms with Crippen LogP contribution < -0.4 is 0 Å². The molecule has 1 nitrogen and oxygen atoms in total. The van der Waals surface area contributed by atoms with Crippen molar-refractivity contribution in [2.24, 2.45) is 0 Å². The van der Waals surface area contributed by atoms with Crippen LogP contribution in [-0.4, -0.2) is 35.0 Å². The van der Waals surface area contributed by atoms with Gasteiger partial charge in [0.1, 0.15) is 0 Å². The highest BCUT2D eigenvalue weighted by atomic mass is 32.2. The van der Waals surface area contributed by atoms with Gasteiger partial charge in [0.25, 0.3) is 0 Å². The van der Waals surface area contributed by atoms with Crippen molar-refractivity contribution in [2.45, 2.75) is 49.0 Å². The molecule has 0 spiro atoms. The van der Waals surface area contributed by atoms with E-state index in [4.69, 9.17) is 5.11 Å². The van der Waals surface area contributed by atoms with Gasteiger partial charge in [-0.05, 0) is 37.2 Å². The van der Waals surface area contributed by atoms with E-state index >= 15 is 0 Å². The third kappa shape index (κ3) is 3.68. The van der Waals surface area contributed by atoms with Gasteiger partial charge in [-0.15, -0.1) is 23.5 Å². The van der Waals surface area contributed by atoms with E-state index in [1.54, 1.807) is 0 Å². The number of hydrogen-bond donors (Lipinski definition) is 1. The van der Waals surface area contributed by atoms with Gasteiger partial charge < -0.3 is 5.11 Å². The summed E-state index contributed by atoms with van der Waals surface area (Å²) in [6.07, 6.45) is 4.86. The highest BCUT2D eigenvalue weighted by Crippen LogP contribution is 2.51. The van der Waals surface area contributed by atoms with Crippen LogP contribution in [0.1, 0.15) is 25.7 Å². The highest BCUT2D eigenvalue weighted by molar-refractivity contribution is 8.21. The maximum atomic E-state index is 8.88. The smallest absolute Gasteiger partial charge is 0.0752 e. The van der Waals surface area contributed by atoms with Gasteiger partial charge in [0.15, 0.2) is 0 Å². The Bertz CT molecular complexity index is 186. The molecule has 0 radical (unpaired) electrons. The molecule has 0 aliphatic carbocycles. The SMILES string of the molecule is C[Si](C)(C)C1(CCCCO)SCCCS1. The molecule has 1 aliphatic rings. The predicted octanol–water partition coefficient (Wildman–Crippen LogP) is 3.59. The summed E-state index contributed by atoms with van der Waals surface area (Å²) in [5.74, 6) is 2.69. The van der Waals surface area contributed by atoms with Crippen LogP contribution >= 0.6 is 23.5 Å². The zero-order chi connectivity index (χ0) is 11.4. The molecule has 1 heterocycles. The third-order valence-electron chi connectivity index (χ3n) is 3.02. The molecule has 0 aromatic heterocycles. The van der Waals surface area contributed by atoms with Crippen molar-refractivity contribution in [3.63, 3.8) is 0 Å². The number of hydrogen-bond acceptors (Lipinski definition) is 3. The normalized spacial score (nSPS) is 21.6. The van der Waals surface area contributed by atoms with E-state index in [0.29, 0.717) is 10.3 Å². The molecule has 1 fully saturated rings. The van der Waals surface area contributed by atoms with Crippen LogP contribution in [0, 0.1) is 0 Å². The summed E-state index contributed by atoms with van der Waals surface area (Å²) in [7, 11) is -1.11. The molecule has 1 N–H and O–H groups in total. The Morgan fingerprint density at radius 2 is 1.73 bits per heavy atom. The summed E-state index contributed by atoms with van der Waals surface area (Å²) in [5.41, 5.74) is 0. The second-order valence-electron chi connectivity index (χ2n) is 5.23. The lowest BCUT2D eigenvalue weighted by atomic mass is 10.2. The molecule has 0 amide bonds. The van der Waals surface area contributed by atoms with E-state index in [2.05, 4.69) is 43.2 Å². The van der Waals surface area contributed by atoms with Crippen LogP contribution in [0.5, 0.6) is 0 Å². The van der Waals surface area contributed by atoms with Gasteiger partial charge in [-0.3, -0.25) is 0 Å². The fourth-order valence-electron chi connectivity index (χ4n) is 2.00. The molecule has 0 unspecified atom stereocenters. The van der Waals surface area contributed by atoms with Gasteiger partial charge in [-0.1, -0.05) is 19.6 Å². The number of rotatable bonds is 5. The zero-order valence-corrected chi connectivity index (χ0v) is 12.8. The molecule has 0 aromatic rings. The molecule has 0 bridgehead atoms. The Hall–Kier alpha value is 0.877. The van der Waals surface area contributed by atoms with E-state index in [-0.39, 0.29) is 0 Å². The fraction of sp³-hybridized carbons (Fsp3) is 1.00. The van der Waals surface area contributed by atoms with Crippen LogP contribution in [0.4, 0.5) is 0 Å². The van der Waals surface area contributed by atoms with Gasteiger partial charge in [0, 0.05) is 6.61 Å². The van der Waals surface area contributed by atoms with E-state index in [1.807, 2.05) is 0 Å². The Morgan fingerprint density at radius 3 is 2.20 bits per heavy atom. The summed E-state index contributed by atoms with van der Waals surface area (Å²) in [6.45, 7) is 7.85. The van der Waals surface area contributed by atoms with Crippen LogP contribution in [0.25, 0.3) is 0 Å². The van der Waals surface area contributed by atoms with Crippen molar-refractivity contribution in [1.82, 2.24) is 0 Å². The molecular weight excluding hydrogens is 240 g/mol. The van der Waals surface area contributed by atoms with Crippen molar-refractivity contribution in [3.05, 3.63) is 0 Å². The average Bonchev–Trinajstić information content (AvgIpc) is 2.18. The van der Waals surface area contributed by atoms with Crippen LogP contribution in [0.2, 0.25) is 19.6 Å². The van der Waals surface area contributed by atoms with Gasteiger partial charge in [0.05, 0.1) is 11.8 Å². The topological polar surface area (TPSA) is 20.2 Å². The second kappa shape index (κ2) is 5.99. The summed E-state index contributed by atoms with van der Waals surface area (Å²) in [4.78, 5) is 0. The number of aliphatic hydroxyl groups is 1. The van der Waals surface area contributed by atoms with Gasteiger partial charge >= 0.3 is 0 Å². The summed E-state index contributed by atoms with van der Waals surface area (Å²) >= 11 is 4.42. The average molecular weight is 265 g/mol. The van der Waals surface area contributed by atoms with Gasteiger partial charge in [-0.2, -0.15) is 0 Å². The summed E-state index contributed by atoms with van der Waals surface area (Å²) < 4.78 is 0.528. The molecule has 0 aromatic carbocycles. The minimum atomic E-state index is -1.11. The zero-order valence-electron chi connectivity index (χ0n) is 10.2. The van der Waals surface area contributed by atoms with Crippen LogP contribution in [0.3, 0.4) is 0 Å². The minimum absolute atomic E-state index is 0.358. The third-order valence-corrected chi connectivity index (χ3v) is 13.1. The Balaban J connectivity index is 2.59. The first-order chi connectivity index (χ1) is 7.02. The van der Waals surface area contributed by atoms with Gasteiger partial charge in [-0.25, -0.2) is 0 Å². The Labute approximate surface area is 104 Å². The molecule has 15 heavy (non-hydrogen) atoms. The lowest BCUT2D eigenvalue weighted by Gasteiger charge is -2.45. The molecule has 0 saturated carbocycles. The summed E-state index contributed by atoms with van der Waals surface area (Å²) in [6, 6.07) is 0. The van der Waals surface area contributed by atoms with Crippen molar-refractivity contribution in [1.29, 1.82) is 0 Å². The quantitative estimate of drug-likeness (QED) is 0.605. The van der Waals surface area contributed by atoms with Gasteiger partial charge in [0.2, 0.25) is 0 Å². The first-order valence-corrected chi connectivity index (χ1v) is 11.4. The summed E-state index contributed by atoms with van der Waals surface area (Å²) in [5, 5.41) is 8.88. The predicted molar refractivity (Wildman–Crippen MR) is 76.5 cm³/mol. The number of thioether (sulfide) groups is 2. The second-order valence-corrected chi connectivity index (χ2v) is 14.4. The van der Waals surface area contributed by atoms with Crippen molar-refractivity contribution >= 4 is 31.6 Å². The number of aliphatic hydroxyl groups excluding tert-OH is 1. The van der Waals surface area contributed by atoms with Crippen LogP contribution in [-0.2, 0) is 0 Å². The monoisotopic (exact) mass is 264 g/mol. The minimum Gasteiger partial charge on any atom is -0.396 e. The standard InChI is InChI=1S/C11H24OS2Si/c1-15(2,3)11(7-4-5-8-12)13-9-6-10-14-11/h12H,4-10H2,1-3H3. The fourth-order valence-corrected chi connectivity index (χ4v) is 9.83. The van der Waals surface area contributed by atoms with Crippen molar-refractivity contribution in [2.75, 3.05) is 18.1 Å². The largest absolute Gasteiger partial charge is 0.396 e. The lowest BCUT2D eigenvalue weighted by Crippen LogP contribution is -2.48. The first-order valence-electron chi connectivity index (χ1n) is 5.91. The van der Waals surface area contributed by atoms with E-state index < -0.39 is 8.07 Å². The molecule has 4 heteroatoms. The Kier molecular flexibility index (Phi) is 5.56. The molecule has 90 valence electrons. The molecule has 1 saturated heterocycles. The highest BCUT2D eigenvalue weighted by Gasteiger charge is 2.44.